The van der Waals surface area contributed by atoms with Gasteiger partial charge in [-0.25, -0.2) is 9.97 Å². The van der Waals surface area contributed by atoms with Gasteiger partial charge in [0.25, 0.3) is 0 Å². The fraction of sp³-hybridized carbons (Fsp3) is 0.469. The van der Waals surface area contributed by atoms with E-state index in [0.717, 1.165) is 52.2 Å². The molecule has 0 amide bonds. The van der Waals surface area contributed by atoms with Crippen molar-refractivity contribution in [2.24, 2.45) is 0 Å². The Bertz CT molecular complexity index is 3070. The molecule has 0 aliphatic carbocycles. The van der Waals surface area contributed by atoms with Crippen LogP contribution in [0.4, 0.5) is 0 Å². The van der Waals surface area contributed by atoms with Crippen LogP contribution in [0.25, 0.3) is 86.2 Å². The minimum absolute atomic E-state index is 0.940. The van der Waals surface area contributed by atoms with Gasteiger partial charge in [0.15, 0.2) is 0 Å². The Labute approximate surface area is 428 Å². The maximum absolute atomic E-state index is 5.69. The van der Waals surface area contributed by atoms with Crippen LogP contribution in [0, 0.1) is 13.8 Å². The molecule has 0 atom stereocenters. The molecular formula is C64H80N4S2. The van der Waals surface area contributed by atoms with Crippen LogP contribution in [0.2, 0.25) is 0 Å². The molecule has 9 aromatic rings. The van der Waals surface area contributed by atoms with Gasteiger partial charge in [0.2, 0.25) is 0 Å². The van der Waals surface area contributed by atoms with Crippen molar-refractivity contribution in [3.05, 3.63) is 108 Å². The van der Waals surface area contributed by atoms with Crippen LogP contribution in [-0.2, 0) is 13.1 Å². The Morgan fingerprint density at radius 3 is 1.53 bits per heavy atom. The van der Waals surface area contributed by atoms with Gasteiger partial charge >= 0.3 is 0 Å². The Balaban J connectivity index is 0.926. The third-order valence-corrected chi connectivity index (χ3v) is 17.6. The number of thiophene rings is 2. The number of rotatable bonds is 29. The number of aryl methyl sites for hydroxylation is 4. The molecule has 0 aliphatic heterocycles. The number of hydrogen-bond acceptors (Lipinski definition) is 4. The Hall–Kier alpha value is -4.78. The van der Waals surface area contributed by atoms with E-state index in [1.807, 2.05) is 22.7 Å². The van der Waals surface area contributed by atoms with Gasteiger partial charge in [-0.2, -0.15) is 0 Å². The summed E-state index contributed by atoms with van der Waals surface area (Å²) in [5.41, 5.74) is 13.8. The van der Waals surface area contributed by atoms with Crippen LogP contribution in [0.15, 0.2) is 97.1 Å². The number of unbranched alkanes of at least 4 members (excludes halogenated alkanes) is 22. The average molecular weight is 970 g/mol. The molecule has 0 saturated carbocycles. The molecule has 0 saturated heterocycles. The fourth-order valence-electron chi connectivity index (χ4n) is 11.2. The van der Waals surface area contributed by atoms with Crippen LogP contribution in [-0.4, -0.2) is 19.1 Å². The van der Waals surface area contributed by atoms with Gasteiger partial charge in [0, 0.05) is 61.3 Å². The molecule has 4 aromatic carbocycles. The summed E-state index contributed by atoms with van der Waals surface area (Å²) < 4.78 is 8.04. The van der Waals surface area contributed by atoms with Gasteiger partial charge in [-0.15, -0.1) is 22.7 Å². The molecule has 5 heterocycles. The molecule has 0 unspecified atom stereocenters. The number of para-hydroxylation sites is 1. The molecule has 368 valence electrons. The van der Waals surface area contributed by atoms with E-state index in [2.05, 4.69) is 134 Å². The highest BCUT2D eigenvalue weighted by molar-refractivity contribution is 7.29. The van der Waals surface area contributed by atoms with E-state index in [-0.39, 0.29) is 0 Å². The summed E-state index contributed by atoms with van der Waals surface area (Å²) in [6.45, 7) is 11.2. The lowest BCUT2D eigenvalue weighted by Crippen LogP contribution is -2.00. The summed E-state index contributed by atoms with van der Waals surface area (Å²) in [4.78, 5) is 14.0. The molecule has 0 fully saturated rings. The quantitative estimate of drug-likeness (QED) is 0.0438. The third kappa shape index (κ3) is 11.8. The molecule has 6 heteroatoms. The van der Waals surface area contributed by atoms with Crippen molar-refractivity contribution in [2.75, 3.05) is 0 Å². The van der Waals surface area contributed by atoms with Crippen molar-refractivity contribution < 1.29 is 0 Å². The predicted molar refractivity (Wildman–Crippen MR) is 309 cm³/mol. The first kappa shape index (κ1) is 50.2. The van der Waals surface area contributed by atoms with Crippen LogP contribution in [0.1, 0.15) is 178 Å². The fourth-order valence-corrected chi connectivity index (χ4v) is 13.6. The second kappa shape index (κ2) is 25.1. The highest BCUT2D eigenvalue weighted by atomic mass is 32.1. The first-order chi connectivity index (χ1) is 34.5. The second-order valence-electron chi connectivity index (χ2n) is 20.6. The van der Waals surface area contributed by atoms with Crippen molar-refractivity contribution in [1.82, 2.24) is 19.1 Å². The minimum Gasteiger partial charge on any atom is -0.340 e. The molecular weight excluding hydrogens is 889 g/mol. The Morgan fingerprint density at radius 1 is 0.400 bits per heavy atom. The summed E-state index contributed by atoms with van der Waals surface area (Å²) in [5, 5.41) is 2.65. The minimum atomic E-state index is 0.940. The zero-order valence-electron chi connectivity index (χ0n) is 43.2. The van der Waals surface area contributed by atoms with Crippen molar-refractivity contribution in [3.8, 4) is 33.0 Å². The smallest absolute Gasteiger partial charge is 0.0984 e. The molecule has 5 aromatic heterocycles. The van der Waals surface area contributed by atoms with Gasteiger partial charge < -0.3 is 9.13 Å². The largest absolute Gasteiger partial charge is 0.340 e. The van der Waals surface area contributed by atoms with Gasteiger partial charge in [0.05, 0.1) is 42.9 Å². The maximum Gasteiger partial charge on any atom is 0.0984 e. The van der Waals surface area contributed by atoms with E-state index in [1.54, 1.807) is 0 Å². The van der Waals surface area contributed by atoms with E-state index in [4.69, 9.17) is 9.97 Å². The van der Waals surface area contributed by atoms with Crippen LogP contribution in [0.3, 0.4) is 0 Å². The third-order valence-electron chi connectivity index (χ3n) is 15.2. The van der Waals surface area contributed by atoms with Crippen molar-refractivity contribution in [1.29, 1.82) is 0 Å². The highest BCUT2D eigenvalue weighted by Gasteiger charge is 2.22. The van der Waals surface area contributed by atoms with Crippen LogP contribution < -0.4 is 0 Å². The maximum atomic E-state index is 5.69. The molecule has 9 rings (SSSR count). The predicted octanol–water partition coefficient (Wildman–Crippen LogP) is 21.0. The van der Waals surface area contributed by atoms with Gasteiger partial charge in [-0.05, 0) is 56.5 Å². The molecule has 0 aliphatic rings. The highest BCUT2D eigenvalue weighted by Crippen LogP contribution is 2.46. The number of aromatic nitrogens is 4. The van der Waals surface area contributed by atoms with Crippen molar-refractivity contribution in [2.45, 2.75) is 195 Å². The lowest BCUT2D eigenvalue weighted by atomic mass is 10.0. The SMILES string of the molecule is CCCCCCCCCCCCCCCCCCCCn1c2ccccc2c2ccc(-c3nc4c(C)ccc(-c5cc6c(s5)c5sc(C)cc5n6CCCCCCCC)c4nc3-c3ccccc3)cc21. The summed E-state index contributed by atoms with van der Waals surface area (Å²) >= 11 is 3.87. The van der Waals surface area contributed by atoms with E-state index >= 15 is 0 Å². The number of fused-ring (bicyclic) bond motifs is 7. The summed E-state index contributed by atoms with van der Waals surface area (Å²) in [6.07, 6.45) is 32.9. The van der Waals surface area contributed by atoms with Crippen LogP contribution in [0.5, 0.6) is 0 Å². The molecule has 4 nitrogen and oxygen atoms in total. The normalized spacial score (nSPS) is 12.1. The van der Waals surface area contributed by atoms with Gasteiger partial charge in [-0.3, -0.25) is 0 Å². The zero-order valence-corrected chi connectivity index (χ0v) is 44.9. The molecule has 0 bridgehead atoms. The standard InChI is InChI=1S/C64H80N4S2/c1-5-7-9-11-13-14-15-16-17-18-19-20-21-22-23-24-26-32-42-67-54-37-31-30-36-51(54)52-41-39-50(45-55(52)67)61-60(49-34-28-27-29-35-49)66-62-53(40-38-47(3)59(62)65-61)58-46-57-64(70-58)63-56(44-48(4)69-63)68(57)43-33-25-12-10-8-6-2/h27-31,34-41,44-46H,5-26,32-33,42-43H2,1-4H3. The molecule has 0 radical (unpaired) electrons. The number of benzene rings is 4. The molecule has 0 spiro atoms. The second-order valence-corrected chi connectivity index (χ2v) is 22.9. The lowest BCUT2D eigenvalue weighted by Gasteiger charge is -2.15. The first-order valence-electron chi connectivity index (χ1n) is 27.9. The first-order valence-corrected chi connectivity index (χ1v) is 29.6. The zero-order chi connectivity index (χ0) is 48.1. The summed E-state index contributed by atoms with van der Waals surface area (Å²) in [7, 11) is 0. The molecule has 70 heavy (non-hydrogen) atoms. The topological polar surface area (TPSA) is 35.6 Å². The van der Waals surface area contributed by atoms with Crippen LogP contribution >= 0.6 is 22.7 Å². The lowest BCUT2D eigenvalue weighted by molar-refractivity contribution is 0.521. The Morgan fingerprint density at radius 2 is 0.900 bits per heavy atom. The van der Waals surface area contributed by atoms with Crippen molar-refractivity contribution >= 4 is 75.9 Å². The van der Waals surface area contributed by atoms with Gasteiger partial charge in [-0.1, -0.05) is 228 Å². The monoisotopic (exact) mass is 969 g/mol. The van der Waals surface area contributed by atoms with E-state index in [0.29, 0.717) is 0 Å². The Kier molecular flexibility index (Phi) is 18.0. The number of hydrogen-bond donors (Lipinski definition) is 0. The van der Waals surface area contributed by atoms with E-state index < -0.39 is 0 Å². The van der Waals surface area contributed by atoms with E-state index in [1.165, 1.54) is 212 Å². The van der Waals surface area contributed by atoms with Crippen molar-refractivity contribution in [3.63, 3.8) is 0 Å². The average Bonchev–Trinajstić information content (AvgIpc) is 4.13. The summed E-state index contributed by atoms with van der Waals surface area (Å²) in [5.74, 6) is 0. The summed E-state index contributed by atoms with van der Waals surface area (Å²) in [6, 6.07) is 36.2. The van der Waals surface area contributed by atoms with Gasteiger partial charge in [0.1, 0.15) is 0 Å². The number of nitrogens with zero attached hydrogens (tertiary/aromatic N) is 4. The van der Waals surface area contributed by atoms with E-state index in [9.17, 15) is 0 Å². The molecule has 0 N–H and O–H groups in total.